The van der Waals surface area contributed by atoms with Gasteiger partial charge in [0.1, 0.15) is 5.82 Å². The van der Waals surface area contributed by atoms with Crippen LogP contribution >= 0.6 is 49.9 Å². The number of thiophene rings is 1. The predicted molar refractivity (Wildman–Crippen MR) is 62.2 cm³/mol. The highest BCUT2D eigenvalue weighted by atomic mass is 127. The maximum atomic E-state index is 12.9. The van der Waals surface area contributed by atoms with Crippen molar-refractivity contribution in [3.63, 3.8) is 0 Å². The maximum absolute atomic E-state index is 12.9. The van der Waals surface area contributed by atoms with Crippen molar-refractivity contribution in [1.82, 2.24) is 0 Å². The fourth-order valence-electron chi connectivity index (χ4n) is 1.03. The Balaban J connectivity index is 2.88. The number of halogens is 3. The van der Waals surface area contributed by atoms with Gasteiger partial charge >= 0.3 is 0 Å². The lowest BCUT2D eigenvalue weighted by atomic mass is 10.3. The number of hydrogen-bond donors (Lipinski definition) is 0. The van der Waals surface area contributed by atoms with Gasteiger partial charge in [0.05, 0.1) is 2.88 Å². The first kappa shape index (κ1) is 8.90. The minimum Gasteiger partial charge on any atom is -0.207 e. The molecule has 0 atom stereocenters. The summed E-state index contributed by atoms with van der Waals surface area (Å²) in [6.45, 7) is 0. The Morgan fingerprint density at radius 3 is 2.83 bits per heavy atom. The van der Waals surface area contributed by atoms with Gasteiger partial charge < -0.3 is 0 Å². The molecule has 1 heterocycles. The van der Waals surface area contributed by atoms with Gasteiger partial charge in [-0.25, -0.2) is 4.39 Å². The molecule has 0 radical (unpaired) electrons. The zero-order chi connectivity index (χ0) is 8.72. The largest absolute Gasteiger partial charge is 0.207 e. The fourth-order valence-corrected chi connectivity index (χ4v) is 3.57. The van der Waals surface area contributed by atoms with E-state index in [-0.39, 0.29) is 5.82 Å². The van der Waals surface area contributed by atoms with Gasteiger partial charge in [-0.15, -0.1) is 11.3 Å². The van der Waals surface area contributed by atoms with E-state index in [1.54, 1.807) is 17.4 Å². The molecule has 62 valence electrons. The smallest absolute Gasteiger partial charge is 0.125 e. The van der Waals surface area contributed by atoms with Crippen molar-refractivity contribution >= 4 is 59.9 Å². The average molecular weight is 357 g/mol. The Morgan fingerprint density at radius 1 is 1.33 bits per heavy atom. The quantitative estimate of drug-likeness (QED) is 0.613. The first-order chi connectivity index (χ1) is 5.66. The third-order valence-electron chi connectivity index (χ3n) is 1.52. The van der Waals surface area contributed by atoms with Crippen molar-refractivity contribution in [2.24, 2.45) is 0 Å². The lowest BCUT2D eigenvalue weighted by Gasteiger charge is -1.93. The van der Waals surface area contributed by atoms with E-state index in [2.05, 4.69) is 38.5 Å². The predicted octanol–water partition coefficient (Wildman–Crippen LogP) is 4.41. The van der Waals surface area contributed by atoms with Gasteiger partial charge in [-0.1, -0.05) is 15.9 Å². The molecule has 0 saturated heterocycles. The Morgan fingerprint density at radius 2 is 2.08 bits per heavy atom. The molecule has 1 aromatic carbocycles. The van der Waals surface area contributed by atoms with E-state index in [0.29, 0.717) is 0 Å². The van der Waals surface area contributed by atoms with Gasteiger partial charge in [0, 0.05) is 14.6 Å². The Bertz CT molecular complexity index is 438. The van der Waals surface area contributed by atoms with Gasteiger partial charge in [-0.05, 0) is 40.8 Å². The summed E-state index contributed by atoms with van der Waals surface area (Å²) >= 11 is 7.16. The molecule has 1 aromatic heterocycles. The first-order valence-corrected chi connectivity index (χ1v) is 5.90. The monoisotopic (exact) mass is 356 g/mol. The summed E-state index contributed by atoms with van der Waals surface area (Å²) in [5, 5.41) is 1.09. The van der Waals surface area contributed by atoms with E-state index in [1.165, 1.54) is 8.95 Å². The van der Waals surface area contributed by atoms with E-state index in [0.717, 1.165) is 14.6 Å². The number of hydrogen-bond acceptors (Lipinski definition) is 1. The standard InChI is InChI=1S/C8H3BrFIS/c9-6-1-4(10)2-7-5(6)3-8(11)12-7/h1-3H. The molecule has 0 saturated carbocycles. The highest BCUT2D eigenvalue weighted by molar-refractivity contribution is 14.1. The zero-order valence-corrected chi connectivity index (χ0v) is 10.3. The molecule has 0 nitrogen and oxygen atoms in total. The molecule has 0 N–H and O–H groups in total. The second kappa shape index (κ2) is 3.23. The first-order valence-electron chi connectivity index (χ1n) is 3.21. The van der Waals surface area contributed by atoms with Crippen molar-refractivity contribution < 1.29 is 4.39 Å². The van der Waals surface area contributed by atoms with Gasteiger partial charge in [0.15, 0.2) is 0 Å². The fraction of sp³-hybridized carbons (Fsp3) is 0. The lowest BCUT2D eigenvalue weighted by molar-refractivity contribution is 0.629. The Labute approximate surface area is 95.0 Å². The molecule has 12 heavy (non-hydrogen) atoms. The van der Waals surface area contributed by atoms with Crippen LogP contribution in [0.2, 0.25) is 0 Å². The topological polar surface area (TPSA) is 0 Å². The zero-order valence-electron chi connectivity index (χ0n) is 5.77. The molecule has 2 aromatic rings. The van der Waals surface area contributed by atoms with Crippen molar-refractivity contribution in [1.29, 1.82) is 0 Å². The SMILES string of the molecule is Fc1cc(Br)c2cc(I)sc2c1. The highest BCUT2D eigenvalue weighted by Crippen LogP contribution is 2.32. The van der Waals surface area contributed by atoms with Crippen LogP contribution in [0.3, 0.4) is 0 Å². The van der Waals surface area contributed by atoms with Crippen LogP contribution in [-0.2, 0) is 0 Å². The van der Waals surface area contributed by atoms with E-state index in [1.807, 2.05) is 6.07 Å². The summed E-state index contributed by atoms with van der Waals surface area (Å²) < 4.78 is 15.9. The molecule has 4 heteroatoms. The molecule has 0 aliphatic heterocycles. The normalized spacial score (nSPS) is 10.9. The van der Waals surface area contributed by atoms with Gasteiger partial charge in [-0.3, -0.25) is 0 Å². The molecule has 0 unspecified atom stereocenters. The van der Waals surface area contributed by atoms with Crippen LogP contribution in [-0.4, -0.2) is 0 Å². The van der Waals surface area contributed by atoms with Gasteiger partial charge in [0.25, 0.3) is 0 Å². The number of rotatable bonds is 0. The second-order valence-electron chi connectivity index (χ2n) is 2.35. The van der Waals surface area contributed by atoms with Crippen LogP contribution in [0, 0.1) is 8.70 Å². The van der Waals surface area contributed by atoms with E-state index < -0.39 is 0 Å². The van der Waals surface area contributed by atoms with Crippen LogP contribution in [0.1, 0.15) is 0 Å². The molecular formula is C8H3BrFIS. The Hall–Kier alpha value is 0.320. The van der Waals surface area contributed by atoms with Gasteiger partial charge in [0.2, 0.25) is 0 Å². The molecule has 0 amide bonds. The summed E-state index contributed by atoms with van der Waals surface area (Å²) in [7, 11) is 0. The van der Waals surface area contributed by atoms with E-state index in [9.17, 15) is 4.39 Å². The minimum absolute atomic E-state index is 0.187. The molecule has 0 bridgehead atoms. The van der Waals surface area contributed by atoms with Crippen LogP contribution in [0.25, 0.3) is 10.1 Å². The molecule has 0 spiro atoms. The minimum atomic E-state index is -0.187. The van der Waals surface area contributed by atoms with E-state index >= 15 is 0 Å². The van der Waals surface area contributed by atoms with Crippen LogP contribution < -0.4 is 0 Å². The van der Waals surface area contributed by atoms with Crippen LogP contribution in [0.4, 0.5) is 4.39 Å². The van der Waals surface area contributed by atoms with Gasteiger partial charge in [-0.2, -0.15) is 0 Å². The van der Waals surface area contributed by atoms with Crippen molar-refractivity contribution in [3.05, 3.63) is 31.4 Å². The lowest BCUT2D eigenvalue weighted by Crippen LogP contribution is -1.72. The molecular weight excluding hydrogens is 354 g/mol. The summed E-state index contributed by atoms with van der Waals surface area (Å²) in [5.41, 5.74) is 0. The Kier molecular flexibility index (Phi) is 2.39. The maximum Gasteiger partial charge on any atom is 0.125 e. The summed E-state index contributed by atoms with van der Waals surface area (Å²) in [6, 6.07) is 5.10. The average Bonchev–Trinajstić information content (AvgIpc) is 2.29. The van der Waals surface area contributed by atoms with Crippen LogP contribution in [0.15, 0.2) is 22.7 Å². The van der Waals surface area contributed by atoms with Crippen molar-refractivity contribution in [2.75, 3.05) is 0 Å². The third kappa shape index (κ3) is 1.52. The van der Waals surface area contributed by atoms with Crippen LogP contribution in [0.5, 0.6) is 0 Å². The molecule has 0 aliphatic carbocycles. The van der Waals surface area contributed by atoms with E-state index in [4.69, 9.17) is 0 Å². The molecule has 0 aliphatic rings. The van der Waals surface area contributed by atoms with Crippen molar-refractivity contribution in [2.45, 2.75) is 0 Å². The molecule has 0 fully saturated rings. The highest BCUT2D eigenvalue weighted by Gasteiger charge is 2.04. The molecule has 2 rings (SSSR count). The number of benzene rings is 1. The second-order valence-corrected chi connectivity index (χ2v) is 6.18. The summed E-state index contributed by atoms with van der Waals surface area (Å²) in [4.78, 5) is 0. The third-order valence-corrected chi connectivity index (χ3v) is 4.02. The van der Waals surface area contributed by atoms with Crippen molar-refractivity contribution in [3.8, 4) is 0 Å². The number of fused-ring (bicyclic) bond motifs is 1. The summed E-state index contributed by atoms with van der Waals surface area (Å²) in [5.74, 6) is -0.187. The summed E-state index contributed by atoms with van der Waals surface area (Å²) in [6.07, 6.45) is 0.